The van der Waals surface area contributed by atoms with Gasteiger partial charge in [-0.05, 0) is 38.2 Å². The monoisotopic (exact) mass is 262 g/mol. The van der Waals surface area contributed by atoms with Gasteiger partial charge in [-0.2, -0.15) is 5.10 Å². The summed E-state index contributed by atoms with van der Waals surface area (Å²) in [5.41, 5.74) is 0.360. The molecular formula is C15H26N4. The van der Waals surface area contributed by atoms with Crippen LogP contribution in [0.25, 0.3) is 0 Å². The zero-order chi connectivity index (χ0) is 13.3. The minimum Gasteiger partial charge on any atom is -0.311 e. The average Bonchev–Trinajstić information content (AvgIpc) is 3.16. The van der Waals surface area contributed by atoms with Crippen LogP contribution in [0.5, 0.6) is 0 Å². The lowest BCUT2D eigenvalue weighted by Gasteiger charge is -2.48. The molecule has 3 rings (SSSR count). The third kappa shape index (κ3) is 2.70. The first kappa shape index (κ1) is 13.1. The lowest BCUT2D eigenvalue weighted by atomic mass is 9.89. The standard InChI is InChI=1S/C15H26N4/c1-3-14-11-18(9-10-19-8-4-7-17-19)15(2,12-16-14)13-5-6-13/h4,7-8,13-14,16H,3,5-6,9-12H2,1-2H3. The van der Waals surface area contributed by atoms with Crippen molar-refractivity contribution >= 4 is 0 Å². The molecular weight excluding hydrogens is 236 g/mol. The normalized spacial score (nSPS) is 32.6. The fourth-order valence-corrected chi connectivity index (χ4v) is 3.39. The predicted octanol–water partition coefficient (Wildman–Crippen LogP) is 1.74. The van der Waals surface area contributed by atoms with Gasteiger partial charge in [0.1, 0.15) is 0 Å². The molecule has 2 unspecified atom stereocenters. The van der Waals surface area contributed by atoms with Gasteiger partial charge in [-0.3, -0.25) is 9.58 Å². The van der Waals surface area contributed by atoms with E-state index < -0.39 is 0 Å². The van der Waals surface area contributed by atoms with Crippen LogP contribution in [0.2, 0.25) is 0 Å². The number of rotatable bonds is 5. The molecule has 4 heteroatoms. The summed E-state index contributed by atoms with van der Waals surface area (Å²) in [6.07, 6.45) is 7.97. The van der Waals surface area contributed by atoms with Gasteiger partial charge in [0, 0.05) is 43.6 Å². The Balaban J connectivity index is 1.66. The smallest absolute Gasteiger partial charge is 0.0536 e. The molecule has 1 aliphatic carbocycles. The molecule has 0 amide bonds. The van der Waals surface area contributed by atoms with Gasteiger partial charge in [0.15, 0.2) is 0 Å². The third-order valence-electron chi connectivity index (χ3n) is 5.02. The number of nitrogens with zero attached hydrogens (tertiary/aromatic N) is 3. The minimum absolute atomic E-state index is 0.360. The van der Waals surface area contributed by atoms with Gasteiger partial charge in [-0.15, -0.1) is 0 Å². The summed E-state index contributed by atoms with van der Waals surface area (Å²) in [5, 5.41) is 8.06. The van der Waals surface area contributed by atoms with E-state index >= 15 is 0 Å². The maximum atomic E-state index is 4.32. The molecule has 19 heavy (non-hydrogen) atoms. The molecule has 0 radical (unpaired) electrons. The SMILES string of the molecule is CCC1CN(CCn2cccn2)C(C)(C2CC2)CN1. The Morgan fingerprint density at radius 2 is 2.21 bits per heavy atom. The van der Waals surface area contributed by atoms with Crippen LogP contribution in [-0.2, 0) is 6.54 Å². The average molecular weight is 262 g/mol. The molecule has 0 spiro atoms. The zero-order valence-corrected chi connectivity index (χ0v) is 12.2. The molecule has 2 atom stereocenters. The van der Waals surface area contributed by atoms with E-state index in [2.05, 4.69) is 40.0 Å². The van der Waals surface area contributed by atoms with E-state index in [0.29, 0.717) is 11.6 Å². The van der Waals surface area contributed by atoms with Gasteiger partial charge in [-0.25, -0.2) is 0 Å². The lowest BCUT2D eigenvalue weighted by molar-refractivity contribution is 0.0306. The second-order valence-corrected chi connectivity index (χ2v) is 6.33. The maximum absolute atomic E-state index is 4.32. The highest BCUT2D eigenvalue weighted by Crippen LogP contribution is 2.44. The molecule has 2 heterocycles. The van der Waals surface area contributed by atoms with Crippen molar-refractivity contribution in [3.05, 3.63) is 18.5 Å². The summed E-state index contributed by atoms with van der Waals surface area (Å²) >= 11 is 0. The highest BCUT2D eigenvalue weighted by molar-refractivity contribution is 5.04. The van der Waals surface area contributed by atoms with Gasteiger partial charge in [0.25, 0.3) is 0 Å². The Morgan fingerprint density at radius 3 is 2.84 bits per heavy atom. The number of piperazine rings is 1. The van der Waals surface area contributed by atoms with Crippen LogP contribution < -0.4 is 5.32 Å². The van der Waals surface area contributed by atoms with Crippen molar-refractivity contribution in [1.82, 2.24) is 20.0 Å². The molecule has 106 valence electrons. The molecule has 2 fully saturated rings. The quantitative estimate of drug-likeness (QED) is 0.877. The highest BCUT2D eigenvalue weighted by Gasteiger charge is 2.47. The number of hydrogen-bond donors (Lipinski definition) is 1. The van der Waals surface area contributed by atoms with Gasteiger partial charge in [0.2, 0.25) is 0 Å². The van der Waals surface area contributed by atoms with Crippen molar-refractivity contribution in [1.29, 1.82) is 0 Å². The zero-order valence-electron chi connectivity index (χ0n) is 12.2. The van der Waals surface area contributed by atoms with Crippen LogP contribution in [0.4, 0.5) is 0 Å². The second kappa shape index (κ2) is 5.25. The van der Waals surface area contributed by atoms with E-state index in [-0.39, 0.29) is 0 Å². The summed E-state index contributed by atoms with van der Waals surface area (Å²) in [6, 6.07) is 2.66. The van der Waals surface area contributed by atoms with Crippen molar-refractivity contribution < 1.29 is 0 Å². The topological polar surface area (TPSA) is 33.1 Å². The van der Waals surface area contributed by atoms with E-state index in [1.165, 1.54) is 25.8 Å². The first-order valence-corrected chi connectivity index (χ1v) is 7.68. The van der Waals surface area contributed by atoms with Crippen LogP contribution in [-0.4, -0.2) is 45.9 Å². The fraction of sp³-hybridized carbons (Fsp3) is 0.800. The molecule has 1 N–H and O–H groups in total. The number of nitrogens with one attached hydrogen (secondary N) is 1. The number of hydrogen-bond acceptors (Lipinski definition) is 3. The van der Waals surface area contributed by atoms with Crippen molar-refractivity contribution in [3.8, 4) is 0 Å². The Kier molecular flexibility index (Phi) is 3.63. The highest BCUT2D eigenvalue weighted by atomic mass is 15.3. The van der Waals surface area contributed by atoms with Gasteiger partial charge in [-0.1, -0.05) is 6.92 Å². The van der Waals surface area contributed by atoms with E-state index in [1.54, 1.807) is 0 Å². The van der Waals surface area contributed by atoms with Gasteiger partial charge < -0.3 is 5.32 Å². The van der Waals surface area contributed by atoms with Crippen LogP contribution in [0, 0.1) is 5.92 Å². The Labute approximate surface area is 116 Å². The first-order valence-electron chi connectivity index (χ1n) is 7.68. The predicted molar refractivity (Wildman–Crippen MR) is 77.0 cm³/mol. The fourth-order valence-electron chi connectivity index (χ4n) is 3.39. The molecule has 1 aromatic heterocycles. The Bertz CT molecular complexity index is 398. The second-order valence-electron chi connectivity index (χ2n) is 6.33. The molecule has 0 aromatic carbocycles. The summed E-state index contributed by atoms with van der Waals surface area (Å²) in [5.74, 6) is 0.899. The molecule has 1 saturated heterocycles. The van der Waals surface area contributed by atoms with Gasteiger partial charge in [0.05, 0.1) is 6.54 Å². The van der Waals surface area contributed by atoms with Crippen molar-refractivity contribution in [3.63, 3.8) is 0 Å². The van der Waals surface area contributed by atoms with Crippen LogP contribution in [0.3, 0.4) is 0 Å². The van der Waals surface area contributed by atoms with E-state index in [1.807, 2.05) is 12.3 Å². The van der Waals surface area contributed by atoms with Crippen LogP contribution >= 0.6 is 0 Å². The molecule has 1 saturated carbocycles. The van der Waals surface area contributed by atoms with Crippen molar-refractivity contribution in [2.45, 2.75) is 51.2 Å². The van der Waals surface area contributed by atoms with Crippen molar-refractivity contribution in [2.24, 2.45) is 5.92 Å². The van der Waals surface area contributed by atoms with Crippen molar-refractivity contribution in [2.75, 3.05) is 19.6 Å². The summed E-state index contributed by atoms with van der Waals surface area (Å²) in [4.78, 5) is 2.72. The van der Waals surface area contributed by atoms with E-state index in [4.69, 9.17) is 0 Å². The molecule has 2 aliphatic rings. The lowest BCUT2D eigenvalue weighted by Crippen LogP contribution is -2.64. The Morgan fingerprint density at radius 1 is 1.37 bits per heavy atom. The molecule has 1 aromatic rings. The third-order valence-corrected chi connectivity index (χ3v) is 5.02. The maximum Gasteiger partial charge on any atom is 0.0536 e. The Hall–Kier alpha value is -0.870. The van der Waals surface area contributed by atoms with Crippen LogP contribution in [0.15, 0.2) is 18.5 Å². The molecule has 0 bridgehead atoms. The largest absolute Gasteiger partial charge is 0.311 e. The summed E-state index contributed by atoms with van der Waals surface area (Å²) < 4.78 is 2.05. The minimum atomic E-state index is 0.360. The first-order chi connectivity index (χ1) is 9.22. The van der Waals surface area contributed by atoms with Gasteiger partial charge >= 0.3 is 0 Å². The molecule has 4 nitrogen and oxygen atoms in total. The molecule has 1 aliphatic heterocycles. The van der Waals surface area contributed by atoms with Crippen LogP contribution in [0.1, 0.15) is 33.1 Å². The van der Waals surface area contributed by atoms with E-state index in [0.717, 1.165) is 25.6 Å². The summed E-state index contributed by atoms with van der Waals surface area (Å²) in [6.45, 7) is 9.19. The summed E-state index contributed by atoms with van der Waals surface area (Å²) in [7, 11) is 0. The number of aromatic nitrogens is 2. The van der Waals surface area contributed by atoms with E-state index in [9.17, 15) is 0 Å².